The van der Waals surface area contributed by atoms with Crippen molar-refractivity contribution in [2.24, 2.45) is 0 Å². The van der Waals surface area contributed by atoms with Gasteiger partial charge in [-0.1, -0.05) is 34.1 Å². The van der Waals surface area contributed by atoms with Gasteiger partial charge in [0.15, 0.2) is 0 Å². The minimum Gasteiger partial charge on any atom is -0.361 e. The number of hydrazine groups is 1. The second-order valence-electron chi connectivity index (χ2n) is 5.16. The highest BCUT2D eigenvalue weighted by atomic mass is 79.9. The molecule has 122 valence electrons. The highest BCUT2D eigenvalue weighted by Crippen LogP contribution is 2.18. The zero-order valence-electron chi connectivity index (χ0n) is 12.4. The molecule has 0 unspecified atom stereocenters. The number of rotatable bonds is 3. The summed E-state index contributed by atoms with van der Waals surface area (Å²) in [5.74, 6) is -1.79. The fourth-order valence-corrected chi connectivity index (χ4v) is 2.70. The van der Waals surface area contributed by atoms with E-state index in [0.29, 0.717) is 4.47 Å². The number of para-hydroxylation sites is 1. The van der Waals surface area contributed by atoms with Crippen LogP contribution in [-0.2, 0) is 11.2 Å². The van der Waals surface area contributed by atoms with Crippen LogP contribution < -0.4 is 10.9 Å². The minimum atomic E-state index is -0.715. The van der Waals surface area contributed by atoms with Crippen LogP contribution in [0.4, 0.5) is 4.39 Å². The quantitative estimate of drug-likeness (QED) is 0.602. The molecule has 0 fully saturated rings. The van der Waals surface area contributed by atoms with Crippen molar-refractivity contribution in [1.82, 2.24) is 15.8 Å². The number of carbonyl (C=O) groups is 2. The summed E-state index contributed by atoms with van der Waals surface area (Å²) >= 11 is 3.12. The topological polar surface area (TPSA) is 74.0 Å². The van der Waals surface area contributed by atoms with Gasteiger partial charge in [0, 0.05) is 21.6 Å². The van der Waals surface area contributed by atoms with Crippen molar-refractivity contribution < 1.29 is 14.0 Å². The number of benzene rings is 2. The first kappa shape index (κ1) is 16.2. The maximum Gasteiger partial charge on any atom is 0.272 e. The lowest BCUT2D eigenvalue weighted by molar-refractivity contribution is -0.121. The van der Waals surface area contributed by atoms with Gasteiger partial charge in [-0.2, -0.15) is 0 Å². The van der Waals surface area contributed by atoms with E-state index in [4.69, 9.17) is 0 Å². The van der Waals surface area contributed by atoms with Crippen LogP contribution >= 0.6 is 15.9 Å². The number of aromatic nitrogens is 1. The summed E-state index contributed by atoms with van der Waals surface area (Å²) < 4.78 is 14.2. The number of aromatic amines is 1. The molecule has 0 spiro atoms. The summed E-state index contributed by atoms with van der Waals surface area (Å²) in [6.07, 6.45) is 1.84. The van der Waals surface area contributed by atoms with Crippen LogP contribution in [0.2, 0.25) is 0 Å². The molecule has 0 atom stereocenters. The van der Waals surface area contributed by atoms with Gasteiger partial charge in [0.1, 0.15) is 5.82 Å². The average molecular weight is 390 g/mol. The van der Waals surface area contributed by atoms with E-state index in [-0.39, 0.29) is 12.0 Å². The molecule has 0 saturated carbocycles. The number of H-pyrrole nitrogens is 1. The van der Waals surface area contributed by atoms with Gasteiger partial charge < -0.3 is 4.98 Å². The normalized spacial score (nSPS) is 10.6. The van der Waals surface area contributed by atoms with Crippen molar-refractivity contribution in [1.29, 1.82) is 0 Å². The molecule has 3 N–H and O–H groups in total. The molecule has 3 rings (SSSR count). The molecule has 24 heavy (non-hydrogen) atoms. The molecule has 0 bridgehead atoms. The number of amides is 2. The Morgan fingerprint density at radius 1 is 1.12 bits per heavy atom. The van der Waals surface area contributed by atoms with Crippen LogP contribution in [-0.4, -0.2) is 16.8 Å². The molecule has 3 aromatic rings. The van der Waals surface area contributed by atoms with Crippen LogP contribution in [0.15, 0.2) is 53.1 Å². The van der Waals surface area contributed by atoms with E-state index in [0.717, 1.165) is 16.5 Å². The number of carbonyl (C=O) groups excluding carboxylic acids is 2. The largest absolute Gasteiger partial charge is 0.361 e. The highest BCUT2D eigenvalue weighted by Gasteiger charge is 2.13. The first-order valence-corrected chi connectivity index (χ1v) is 7.93. The van der Waals surface area contributed by atoms with Crippen LogP contribution in [0.5, 0.6) is 0 Å². The standard InChI is InChI=1S/C17H13BrFN3O2/c18-11-5-6-13(14(19)8-11)17(24)22-21-16(23)7-10-9-20-15-4-2-1-3-12(10)15/h1-6,8-9,20H,7H2,(H,21,23)(H,22,24). The number of fused-ring (bicyclic) bond motifs is 1. The van der Waals surface area contributed by atoms with Crippen LogP contribution in [0.3, 0.4) is 0 Å². The lowest BCUT2D eigenvalue weighted by Crippen LogP contribution is -2.42. The second kappa shape index (κ2) is 6.84. The first-order chi connectivity index (χ1) is 11.5. The Balaban J connectivity index is 1.62. The van der Waals surface area contributed by atoms with Crippen LogP contribution in [0, 0.1) is 5.82 Å². The molecule has 0 radical (unpaired) electrons. The Labute approximate surface area is 145 Å². The number of nitrogens with one attached hydrogen (secondary N) is 3. The van der Waals surface area contributed by atoms with E-state index >= 15 is 0 Å². The zero-order valence-corrected chi connectivity index (χ0v) is 14.0. The van der Waals surface area contributed by atoms with Crippen LogP contribution in [0.25, 0.3) is 10.9 Å². The van der Waals surface area contributed by atoms with Crippen molar-refractivity contribution in [2.75, 3.05) is 0 Å². The van der Waals surface area contributed by atoms with Crippen molar-refractivity contribution >= 4 is 38.6 Å². The van der Waals surface area contributed by atoms with Crippen molar-refractivity contribution in [3.8, 4) is 0 Å². The second-order valence-corrected chi connectivity index (χ2v) is 6.08. The van der Waals surface area contributed by atoms with Gasteiger partial charge in [0.2, 0.25) is 5.91 Å². The Morgan fingerprint density at radius 3 is 2.71 bits per heavy atom. The summed E-state index contributed by atoms with van der Waals surface area (Å²) in [7, 11) is 0. The average Bonchev–Trinajstić information content (AvgIpc) is 2.96. The molecule has 2 amide bonds. The number of hydrogen-bond acceptors (Lipinski definition) is 2. The predicted octanol–water partition coefficient (Wildman–Crippen LogP) is 3.07. The molecule has 5 nitrogen and oxygen atoms in total. The lowest BCUT2D eigenvalue weighted by atomic mass is 10.1. The van der Waals surface area contributed by atoms with Gasteiger partial charge in [-0.3, -0.25) is 20.4 Å². The Bertz CT molecular complexity index is 923. The summed E-state index contributed by atoms with van der Waals surface area (Å²) in [6, 6.07) is 11.7. The third kappa shape index (κ3) is 3.46. The summed E-state index contributed by atoms with van der Waals surface area (Å²) in [4.78, 5) is 27.0. The van der Waals surface area contributed by atoms with E-state index in [9.17, 15) is 14.0 Å². The minimum absolute atomic E-state index is 0.0904. The highest BCUT2D eigenvalue weighted by molar-refractivity contribution is 9.10. The first-order valence-electron chi connectivity index (χ1n) is 7.14. The third-order valence-electron chi connectivity index (χ3n) is 3.52. The summed E-state index contributed by atoms with van der Waals surface area (Å²) in [6.45, 7) is 0. The Morgan fingerprint density at radius 2 is 1.92 bits per heavy atom. The van der Waals surface area contributed by atoms with Crippen LogP contribution in [0.1, 0.15) is 15.9 Å². The number of hydrogen-bond donors (Lipinski definition) is 3. The molecule has 1 aromatic heterocycles. The van der Waals surface area contributed by atoms with Gasteiger partial charge >= 0.3 is 0 Å². The van der Waals surface area contributed by atoms with E-state index in [1.54, 1.807) is 12.3 Å². The zero-order chi connectivity index (χ0) is 17.1. The monoisotopic (exact) mass is 389 g/mol. The van der Waals surface area contributed by atoms with Gasteiger partial charge in [-0.05, 0) is 29.8 Å². The van der Waals surface area contributed by atoms with E-state index in [1.807, 2.05) is 24.3 Å². The van der Waals surface area contributed by atoms with Crippen molar-refractivity contribution in [3.63, 3.8) is 0 Å². The predicted molar refractivity (Wildman–Crippen MR) is 91.7 cm³/mol. The van der Waals surface area contributed by atoms with Gasteiger partial charge in [0.25, 0.3) is 5.91 Å². The number of halogens is 2. The van der Waals surface area contributed by atoms with Crippen molar-refractivity contribution in [2.45, 2.75) is 6.42 Å². The molecule has 0 aliphatic heterocycles. The van der Waals surface area contributed by atoms with Gasteiger partial charge in [-0.25, -0.2) is 4.39 Å². The summed E-state index contributed by atoms with van der Waals surface area (Å²) in [5.41, 5.74) is 6.11. The van der Waals surface area contributed by atoms with Gasteiger partial charge in [0.05, 0.1) is 12.0 Å². The molecular weight excluding hydrogens is 377 g/mol. The van der Waals surface area contributed by atoms with E-state index in [1.165, 1.54) is 12.1 Å². The van der Waals surface area contributed by atoms with Crippen molar-refractivity contribution in [3.05, 3.63) is 70.1 Å². The fourth-order valence-electron chi connectivity index (χ4n) is 2.36. The lowest BCUT2D eigenvalue weighted by Gasteiger charge is -2.08. The summed E-state index contributed by atoms with van der Waals surface area (Å²) in [5, 5.41) is 0.943. The molecule has 0 aliphatic rings. The van der Waals surface area contributed by atoms with E-state index in [2.05, 4.69) is 31.8 Å². The molecule has 0 aliphatic carbocycles. The SMILES string of the molecule is O=C(Cc1c[nH]c2ccccc12)NNC(=O)c1ccc(Br)cc1F. The Hall–Kier alpha value is -2.67. The molecule has 1 heterocycles. The maximum atomic E-state index is 13.7. The smallest absolute Gasteiger partial charge is 0.272 e. The molecular formula is C17H13BrFN3O2. The Kier molecular flexibility index (Phi) is 4.61. The molecule has 0 saturated heterocycles. The maximum absolute atomic E-state index is 13.7. The fraction of sp³-hybridized carbons (Fsp3) is 0.0588. The van der Waals surface area contributed by atoms with E-state index < -0.39 is 17.6 Å². The van der Waals surface area contributed by atoms with Gasteiger partial charge in [-0.15, -0.1) is 0 Å². The third-order valence-corrected chi connectivity index (χ3v) is 4.01. The molecule has 2 aromatic carbocycles. The molecule has 7 heteroatoms.